The molecular weight excluding hydrogens is 356 g/mol. The van der Waals surface area contributed by atoms with E-state index < -0.39 is 0 Å². The van der Waals surface area contributed by atoms with Crippen LogP contribution in [0.1, 0.15) is 41.9 Å². The lowest BCUT2D eigenvalue weighted by Crippen LogP contribution is -2.16. The molecule has 0 saturated carbocycles. The quantitative estimate of drug-likeness (QED) is 0.586. The van der Waals surface area contributed by atoms with Gasteiger partial charge in [-0.15, -0.1) is 11.3 Å². The second-order valence-corrected chi connectivity index (χ2v) is 8.55. The van der Waals surface area contributed by atoms with Crippen molar-refractivity contribution in [3.8, 4) is 0 Å². The number of nitrogens with zero attached hydrogens (tertiary/aromatic N) is 3. The molecule has 1 N–H and O–H groups in total. The summed E-state index contributed by atoms with van der Waals surface area (Å²) >= 11 is 1.71. The average molecular weight is 379 g/mol. The van der Waals surface area contributed by atoms with Crippen LogP contribution in [0.15, 0.2) is 29.1 Å². The number of aromatic nitrogens is 4. The van der Waals surface area contributed by atoms with Crippen molar-refractivity contribution in [2.45, 2.75) is 39.0 Å². The number of benzene rings is 1. The lowest BCUT2D eigenvalue weighted by atomic mass is 9.86. The van der Waals surface area contributed by atoms with Crippen LogP contribution < -0.4 is 5.56 Å². The zero-order valence-electron chi connectivity index (χ0n) is 15.6. The molecule has 3 heterocycles. The highest BCUT2D eigenvalue weighted by molar-refractivity contribution is 7.18. The van der Waals surface area contributed by atoms with E-state index >= 15 is 0 Å². The number of aryl methyl sites for hydroxylation is 2. The van der Waals surface area contributed by atoms with Crippen molar-refractivity contribution in [1.82, 2.24) is 19.5 Å². The number of fused-ring (bicyclic) bond motifs is 4. The SMILES string of the molecule is CC[C@H]1CCc2c(sc3nc(Cc4nc5ccccc5n4C)[nH]c(=O)c23)C1. The maximum Gasteiger partial charge on any atom is 0.259 e. The molecular formula is C21H22N4OS. The third kappa shape index (κ3) is 2.70. The van der Waals surface area contributed by atoms with E-state index in [0.29, 0.717) is 12.2 Å². The zero-order valence-corrected chi connectivity index (χ0v) is 16.4. The fraction of sp³-hybridized carbons (Fsp3) is 0.381. The van der Waals surface area contributed by atoms with Crippen LogP contribution in [-0.4, -0.2) is 19.5 Å². The predicted octanol–water partition coefficient (Wildman–Crippen LogP) is 3.98. The molecule has 0 spiro atoms. The lowest BCUT2D eigenvalue weighted by Gasteiger charge is -2.20. The monoisotopic (exact) mass is 378 g/mol. The molecule has 0 amide bonds. The largest absolute Gasteiger partial charge is 0.331 e. The van der Waals surface area contributed by atoms with Crippen molar-refractivity contribution in [3.63, 3.8) is 0 Å². The molecule has 3 aromatic heterocycles. The van der Waals surface area contributed by atoms with Crippen molar-refractivity contribution < 1.29 is 0 Å². The summed E-state index contributed by atoms with van der Waals surface area (Å²) < 4.78 is 2.07. The Morgan fingerprint density at radius 2 is 2.15 bits per heavy atom. The Bertz CT molecular complexity index is 1220. The second kappa shape index (κ2) is 6.30. The van der Waals surface area contributed by atoms with Crippen LogP contribution in [0, 0.1) is 5.92 Å². The summed E-state index contributed by atoms with van der Waals surface area (Å²) in [6, 6.07) is 8.07. The number of aromatic amines is 1. The molecule has 0 fully saturated rings. The summed E-state index contributed by atoms with van der Waals surface area (Å²) in [6.45, 7) is 2.25. The van der Waals surface area contributed by atoms with Gasteiger partial charge in [0.05, 0.1) is 22.8 Å². The molecule has 1 aliphatic carbocycles. The van der Waals surface area contributed by atoms with Crippen LogP contribution >= 0.6 is 11.3 Å². The summed E-state index contributed by atoms with van der Waals surface area (Å²) in [4.78, 5) is 27.6. The van der Waals surface area contributed by atoms with Gasteiger partial charge in [-0.05, 0) is 42.9 Å². The van der Waals surface area contributed by atoms with E-state index in [1.54, 1.807) is 11.3 Å². The number of hydrogen-bond acceptors (Lipinski definition) is 4. The van der Waals surface area contributed by atoms with E-state index in [4.69, 9.17) is 9.97 Å². The van der Waals surface area contributed by atoms with E-state index in [0.717, 1.165) is 45.8 Å². The summed E-state index contributed by atoms with van der Waals surface area (Å²) in [5, 5.41) is 0.818. The van der Waals surface area contributed by atoms with E-state index in [1.165, 1.54) is 23.3 Å². The molecule has 5 rings (SSSR count). The molecule has 4 aromatic rings. The van der Waals surface area contributed by atoms with Gasteiger partial charge in [0.25, 0.3) is 5.56 Å². The smallest absolute Gasteiger partial charge is 0.259 e. The summed E-state index contributed by atoms with van der Waals surface area (Å²) in [5.74, 6) is 2.34. The summed E-state index contributed by atoms with van der Waals surface area (Å²) in [5.41, 5.74) is 3.30. The second-order valence-electron chi connectivity index (χ2n) is 7.47. The minimum absolute atomic E-state index is 0.00112. The first-order valence-electron chi connectivity index (χ1n) is 9.57. The molecule has 0 radical (unpaired) electrons. The fourth-order valence-corrected chi connectivity index (χ4v) is 5.59. The van der Waals surface area contributed by atoms with Crippen LogP contribution in [0.2, 0.25) is 0 Å². The molecule has 138 valence electrons. The van der Waals surface area contributed by atoms with E-state index in [2.05, 4.69) is 22.5 Å². The number of para-hydroxylation sites is 2. The Balaban J connectivity index is 1.56. The molecule has 6 heteroatoms. The van der Waals surface area contributed by atoms with Gasteiger partial charge in [-0.3, -0.25) is 4.79 Å². The van der Waals surface area contributed by atoms with Gasteiger partial charge in [0, 0.05) is 11.9 Å². The number of imidazole rings is 1. The summed E-state index contributed by atoms with van der Waals surface area (Å²) in [6.07, 6.45) is 5.00. The van der Waals surface area contributed by atoms with Crippen LogP contribution in [0.25, 0.3) is 21.3 Å². The predicted molar refractivity (Wildman–Crippen MR) is 110 cm³/mol. The summed E-state index contributed by atoms with van der Waals surface area (Å²) in [7, 11) is 2.01. The van der Waals surface area contributed by atoms with Crippen molar-refractivity contribution in [3.05, 3.63) is 56.7 Å². The number of thiophene rings is 1. The first-order chi connectivity index (χ1) is 13.1. The molecule has 1 aliphatic rings. The molecule has 5 nitrogen and oxygen atoms in total. The highest BCUT2D eigenvalue weighted by Gasteiger charge is 2.24. The fourth-order valence-electron chi connectivity index (χ4n) is 4.23. The maximum absolute atomic E-state index is 12.8. The highest BCUT2D eigenvalue weighted by atomic mass is 32.1. The van der Waals surface area contributed by atoms with Gasteiger partial charge in [0.1, 0.15) is 16.5 Å². The van der Waals surface area contributed by atoms with Crippen LogP contribution in [0.4, 0.5) is 0 Å². The van der Waals surface area contributed by atoms with Gasteiger partial charge in [0.15, 0.2) is 0 Å². The average Bonchev–Trinajstić information content (AvgIpc) is 3.19. The van der Waals surface area contributed by atoms with Crippen LogP contribution in [-0.2, 0) is 26.3 Å². The van der Waals surface area contributed by atoms with Gasteiger partial charge in [0.2, 0.25) is 0 Å². The van der Waals surface area contributed by atoms with Gasteiger partial charge < -0.3 is 9.55 Å². The van der Waals surface area contributed by atoms with Gasteiger partial charge in [-0.1, -0.05) is 25.5 Å². The van der Waals surface area contributed by atoms with Crippen LogP contribution in [0.5, 0.6) is 0 Å². The lowest BCUT2D eigenvalue weighted by molar-refractivity contribution is 0.451. The van der Waals surface area contributed by atoms with E-state index in [-0.39, 0.29) is 5.56 Å². The normalized spacial score (nSPS) is 16.9. The Hall–Kier alpha value is -2.47. The van der Waals surface area contributed by atoms with Crippen molar-refractivity contribution in [1.29, 1.82) is 0 Å². The number of H-pyrrole nitrogens is 1. The molecule has 0 aliphatic heterocycles. The third-order valence-corrected chi connectivity index (χ3v) is 7.00. The van der Waals surface area contributed by atoms with Crippen molar-refractivity contribution >= 4 is 32.6 Å². The molecule has 0 bridgehead atoms. The molecule has 0 unspecified atom stereocenters. The topological polar surface area (TPSA) is 63.6 Å². The molecule has 1 atom stereocenters. The van der Waals surface area contributed by atoms with Crippen LogP contribution in [0.3, 0.4) is 0 Å². The van der Waals surface area contributed by atoms with E-state index in [1.807, 2.05) is 25.2 Å². The van der Waals surface area contributed by atoms with Gasteiger partial charge in [-0.2, -0.15) is 0 Å². The Morgan fingerprint density at radius 3 is 2.96 bits per heavy atom. The van der Waals surface area contributed by atoms with E-state index in [9.17, 15) is 4.79 Å². The number of rotatable bonds is 3. The Labute approximate surface area is 161 Å². The van der Waals surface area contributed by atoms with Crippen molar-refractivity contribution in [2.75, 3.05) is 0 Å². The van der Waals surface area contributed by atoms with Crippen molar-refractivity contribution in [2.24, 2.45) is 13.0 Å². The maximum atomic E-state index is 12.8. The first kappa shape index (κ1) is 16.7. The third-order valence-electron chi connectivity index (χ3n) is 5.85. The van der Waals surface area contributed by atoms with Gasteiger partial charge >= 0.3 is 0 Å². The zero-order chi connectivity index (χ0) is 18.5. The molecule has 1 aromatic carbocycles. The number of nitrogens with one attached hydrogen (secondary N) is 1. The Kier molecular flexibility index (Phi) is 3.90. The molecule has 27 heavy (non-hydrogen) atoms. The minimum Gasteiger partial charge on any atom is -0.331 e. The van der Waals surface area contributed by atoms with Gasteiger partial charge in [-0.25, -0.2) is 9.97 Å². The first-order valence-corrected chi connectivity index (χ1v) is 10.4. The Morgan fingerprint density at radius 1 is 1.30 bits per heavy atom. The highest BCUT2D eigenvalue weighted by Crippen LogP contribution is 2.36. The molecule has 0 saturated heterocycles. The standard InChI is InChI=1S/C21H22N4OS/c1-3-12-8-9-13-16(10-12)27-21-19(13)20(26)23-17(24-21)11-18-22-14-6-4-5-7-15(14)25(18)2/h4-7,12H,3,8-11H2,1-2H3,(H,23,24,26)/t12-/m0/s1. The minimum atomic E-state index is 0.00112. The number of hydrogen-bond donors (Lipinski definition) is 1.